The number of carbonyl (C=O) groups excluding carboxylic acids is 7. The fourth-order valence-corrected chi connectivity index (χ4v) is 5.82. The third-order valence-corrected chi connectivity index (χ3v) is 9.18. The van der Waals surface area contributed by atoms with Crippen LogP contribution in [0.1, 0.15) is 57.4 Å². The summed E-state index contributed by atoms with van der Waals surface area (Å²) in [5.41, 5.74) is 23.5. The van der Waals surface area contributed by atoms with Crippen LogP contribution in [0, 0.1) is 0 Å². The summed E-state index contributed by atoms with van der Waals surface area (Å²) in [6.45, 7) is -0.0778. The highest BCUT2D eigenvalue weighted by molar-refractivity contribution is 5.98. The maximum Gasteiger partial charge on any atom is 0.325 e. The number of amides is 7. The molecule has 346 valence electrons. The lowest BCUT2D eigenvalue weighted by Crippen LogP contribution is -2.60. The van der Waals surface area contributed by atoms with E-state index in [2.05, 4.69) is 36.6 Å². The first-order valence-corrected chi connectivity index (χ1v) is 19.4. The molecule has 2 rings (SSSR count). The maximum atomic E-state index is 13.6. The van der Waals surface area contributed by atoms with Gasteiger partial charge < -0.3 is 80.2 Å². The van der Waals surface area contributed by atoms with Crippen LogP contribution in [0.3, 0.4) is 0 Å². The minimum Gasteiger partial charge on any atom is -0.481 e. The van der Waals surface area contributed by atoms with Gasteiger partial charge in [0.15, 0.2) is 5.96 Å². The van der Waals surface area contributed by atoms with Crippen LogP contribution >= 0.6 is 0 Å². The lowest BCUT2D eigenvalue weighted by molar-refractivity contribution is -0.143. The number of hydrogen-bond donors (Lipinski definition) is 15. The van der Waals surface area contributed by atoms with Crippen LogP contribution in [0.4, 0.5) is 0 Å². The van der Waals surface area contributed by atoms with Gasteiger partial charge in [0.1, 0.15) is 36.3 Å². The number of aliphatic hydroxyl groups excluding tert-OH is 1. The molecule has 0 unspecified atom stereocenters. The van der Waals surface area contributed by atoms with Gasteiger partial charge >= 0.3 is 17.9 Å². The van der Waals surface area contributed by atoms with Crippen LogP contribution < -0.4 is 54.8 Å². The number of nitrogens with two attached hydrogens (primary N) is 4. The van der Waals surface area contributed by atoms with Gasteiger partial charge in [0.25, 0.3) is 0 Å². The first-order chi connectivity index (χ1) is 29.6. The Balaban J connectivity index is 2.26. The van der Waals surface area contributed by atoms with E-state index in [-0.39, 0.29) is 38.2 Å². The Labute approximate surface area is 358 Å². The number of hydrogen-bond acceptors (Lipinski definition) is 13. The van der Waals surface area contributed by atoms with E-state index in [0.717, 1.165) is 17.8 Å². The van der Waals surface area contributed by atoms with Crippen molar-refractivity contribution in [2.45, 2.75) is 101 Å². The number of primary amides is 1. The van der Waals surface area contributed by atoms with Gasteiger partial charge in [-0.15, -0.1) is 0 Å². The second kappa shape index (κ2) is 25.4. The number of para-hydroxylation sites is 1. The number of aliphatic imine (C=N–C) groups is 1. The first-order valence-electron chi connectivity index (χ1n) is 19.4. The zero-order chi connectivity index (χ0) is 47.4. The van der Waals surface area contributed by atoms with E-state index in [1.54, 1.807) is 24.4 Å². The number of carboxylic acid groups (broad SMARTS) is 3. The highest BCUT2D eigenvalue weighted by Crippen LogP contribution is 2.19. The van der Waals surface area contributed by atoms with Gasteiger partial charge in [0, 0.05) is 36.5 Å². The monoisotopic (exact) mass is 890 g/mol. The van der Waals surface area contributed by atoms with E-state index >= 15 is 0 Å². The van der Waals surface area contributed by atoms with Gasteiger partial charge in [-0.3, -0.25) is 52.9 Å². The molecule has 0 fully saturated rings. The Morgan fingerprint density at radius 1 is 0.667 bits per heavy atom. The van der Waals surface area contributed by atoms with Crippen molar-refractivity contribution < 1.29 is 68.4 Å². The average molecular weight is 891 g/mol. The summed E-state index contributed by atoms with van der Waals surface area (Å²) in [6, 6.07) is -4.17. The molecule has 2 aromatic rings. The SMILES string of the molecule is C[C@H](NC(=O)[C@H](CCCN=C(N)N)NC(=O)[C@H](CC(=O)O)NC(=O)[C@H](CO)NC(=O)[C@H](CCC(=O)O)NC(=O)[C@H](CCC(N)=O)NC(=O)[C@@H](N)Cc1c[nH]c2ccccc12)C(=O)O. The quantitative estimate of drug-likeness (QED) is 0.0215. The van der Waals surface area contributed by atoms with Crippen molar-refractivity contribution in [3.63, 3.8) is 0 Å². The zero-order valence-electron chi connectivity index (χ0n) is 34.1. The number of nitrogens with zero attached hydrogens (tertiary/aromatic N) is 1. The number of rotatable bonds is 28. The van der Waals surface area contributed by atoms with E-state index in [9.17, 15) is 68.4 Å². The predicted molar refractivity (Wildman–Crippen MR) is 219 cm³/mol. The van der Waals surface area contributed by atoms with Gasteiger partial charge in [-0.1, -0.05) is 18.2 Å². The Kier molecular flexibility index (Phi) is 20.9. The molecule has 1 heterocycles. The summed E-state index contributed by atoms with van der Waals surface area (Å²) in [5.74, 6) is -12.4. The number of benzene rings is 1. The number of H-pyrrole nitrogens is 1. The van der Waals surface area contributed by atoms with Gasteiger partial charge in [0.2, 0.25) is 41.4 Å². The molecule has 0 radical (unpaired) electrons. The molecule has 1 aromatic carbocycles. The number of fused-ring (bicyclic) bond motifs is 1. The summed E-state index contributed by atoms with van der Waals surface area (Å²) in [7, 11) is 0. The number of carboxylic acids is 3. The average Bonchev–Trinajstić information content (AvgIpc) is 3.62. The molecule has 0 bridgehead atoms. The minimum atomic E-state index is -1.97. The smallest absolute Gasteiger partial charge is 0.325 e. The largest absolute Gasteiger partial charge is 0.481 e. The molecule has 1 aromatic heterocycles. The third-order valence-electron chi connectivity index (χ3n) is 9.18. The molecule has 63 heavy (non-hydrogen) atoms. The second-order valence-electron chi connectivity index (χ2n) is 14.2. The first kappa shape index (κ1) is 51.8. The Morgan fingerprint density at radius 2 is 1.17 bits per heavy atom. The number of aliphatic carboxylic acids is 3. The molecule has 26 heteroatoms. The Morgan fingerprint density at radius 3 is 1.73 bits per heavy atom. The summed E-state index contributed by atoms with van der Waals surface area (Å²) >= 11 is 0. The molecule has 7 atom stereocenters. The van der Waals surface area contributed by atoms with E-state index in [4.69, 9.17) is 22.9 Å². The van der Waals surface area contributed by atoms with Crippen molar-refractivity contribution in [1.82, 2.24) is 36.9 Å². The highest BCUT2D eigenvalue weighted by atomic mass is 16.4. The fraction of sp³-hybridized carbons (Fsp3) is 0.486. The van der Waals surface area contributed by atoms with Gasteiger partial charge in [-0.05, 0) is 50.7 Å². The van der Waals surface area contributed by atoms with Crippen molar-refractivity contribution in [3.8, 4) is 0 Å². The molecule has 0 saturated heterocycles. The number of aromatic amines is 1. The molecule has 26 nitrogen and oxygen atoms in total. The highest BCUT2D eigenvalue weighted by Gasteiger charge is 2.34. The topological polar surface area (TPSA) is 456 Å². The fourth-order valence-electron chi connectivity index (χ4n) is 5.82. The van der Waals surface area contributed by atoms with Crippen molar-refractivity contribution in [2.24, 2.45) is 27.9 Å². The number of aromatic nitrogens is 1. The standard InChI is InChI=1S/C37H54N12O14/c1-17(36(62)63)44-31(57)22(7-4-12-42-37(40)41)46-34(60)25(14-29(54)55)48-35(61)26(16-50)49-33(59)24(9-11-28(52)53)47-32(58)23(8-10-27(39)51)45-30(56)20(38)13-18-15-43-21-6-3-2-5-19(18)21/h2-3,5-6,15,17,20,22-26,43,50H,4,7-14,16,38H2,1H3,(H2,39,51)(H,44,57)(H,45,56)(H,46,60)(H,47,58)(H,48,61)(H,49,59)(H,52,53)(H,54,55)(H,62,63)(H4,40,41,42)/t17-,20-,22-,23-,24-,25-,26-/m0/s1. The minimum absolute atomic E-state index is 0.0198. The molecule has 7 amide bonds. The number of aliphatic hydroxyl groups is 1. The van der Waals surface area contributed by atoms with Gasteiger partial charge in [-0.2, -0.15) is 0 Å². The van der Waals surface area contributed by atoms with Crippen LogP contribution in [-0.2, 0) is 54.4 Å². The van der Waals surface area contributed by atoms with E-state index in [1.807, 2.05) is 11.4 Å². The van der Waals surface area contributed by atoms with Crippen molar-refractivity contribution >= 4 is 76.1 Å². The van der Waals surface area contributed by atoms with Crippen molar-refractivity contribution in [3.05, 3.63) is 36.0 Å². The molecular formula is C37H54N12O14. The van der Waals surface area contributed by atoms with Crippen LogP contribution in [-0.4, -0.2) is 146 Å². The summed E-state index contributed by atoms with van der Waals surface area (Å²) < 4.78 is 0. The van der Waals surface area contributed by atoms with E-state index in [0.29, 0.717) is 5.56 Å². The number of nitrogens with one attached hydrogen (secondary N) is 7. The molecule has 0 saturated carbocycles. The number of carbonyl (C=O) groups is 10. The molecule has 0 aliphatic carbocycles. The molecule has 19 N–H and O–H groups in total. The third kappa shape index (κ3) is 18.0. The van der Waals surface area contributed by atoms with Crippen LogP contribution in [0.15, 0.2) is 35.5 Å². The summed E-state index contributed by atoms with van der Waals surface area (Å²) in [6.07, 6.45) is -1.70. The van der Waals surface area contributed by atoms with Crippen molar-refractivity contribution in [1.29, 1.82) is 0 Å². The van der Waals surface area contributed by atoms with Crippen LogP contribution in [0.2, 0.25) is 0 Å². The van der Waals surface area contributed by atoms with E-state index in [1.165, 1.54) is 0 Å². The number of guanidine groups is 1. The summed E-state index contributed by atoms with van der Waals surface area (Å²) in [4.78, 5) is 133. The molecule has 0 aliphatic heterocycles. The lowest BCUT2D eigenvalue weighted by atomic mass is 10.0. The van der Waals surface area contributed by atoms with Crippen molar-refractivity contribution in [2.75, 3.05) is 13.2 Å². The van der Waals surface area contributed by atoms with Gasteiger partial charge in [0.05, 0.1) is 19.1 Å². The maximum absolute atomic E-state index is 13.6. The lowest BCUT2D eigenvalue weighted by Gasteiger charge is -2.26. The van der Waals surface area contributed by atoms with Crippen LogP contribution in [0.5, 0.6) is 0 Å². The second-order valence-corrected chi connectivity index (χ2v) is 14.2. The Bertz CT molecular complexity index is 2020. The van der Waals surface area contributed by atoms with E-state index < -0.39 is 134 Å². The Hall–Kier alpha value is -7.35. The zero-order valence-corrected chi connectivity index (χ0v) is 34.1. The molecular weight excluding hydrogens is 836 g/mol. The van der Waals surface area contributed by atoms with Gasteiger partial charge in [-0.25, -0.2) is 0 Å². The van der Waals surface area contributed by atoms with Crippen LogP contribution in [0.25, 0.3) is 10.9 Å². The molecule has 0 spiro atoms. The normalized spacial score (nSPS) is 14.2. The summed E-state index contributed by atoms with van der Waals surface area (Å²) in [5, 5.41) is 52.1. The predicted octanol–water partition coefficient (Wildman–Crippen LogP) is -5.30. The molecule has 0 aliphatic rings.